The Balaban J connectivity index is 2.72. The first-order valence-corrected chi connectivity index (χ1v) is 6.54. The van der Waals surface area contributed by atoms with E-state index >= 15 is 0 Å². The molecule has 8 nitrogen and oxygen atoms in total. The summed E-state index contributed by atoms with van der Waals surface area (Å²) < 4.78 is 8.98. The summed E-state index contributed by atoms with van der Waals surface area (Å²) >= 11 is 0. The SMILES string of the molecule is COC(=O)CN(CC(=O)OC)C(=O)[C@@H]1CC[C@H](C(=O)O)C1. The predicted octanol–water partition coefficient (Wildman–Crippen LogP) is -0.338. The second-order valence-corrected chi connectivity index (χ2v) is 4.89. The van der Waals surface area contributed by atoms with Gasteiger partial charge in [0.05, 0.1) is 20.1 Å². The summed E-state index contributed by atoms with van der Waals surface area (Å²) in [5.41, 5.74) is 0. The topological polar surface area (TPSA) is 110 Å². The quantitative estimate of drug-likeness (QED) is 0.668. The third-order valence-electron chi connectivity index (χ3n) is 3.54. The molecule has 1 rings (SSSR count). The van der Waals surface area contributed by atoms with Crippen molar-refractivity contribution in [2.75, 3.05) is 27.3 Å². The average Bonchev–Trinajstić information content (AvgIpc) is 2.95. The van der Waals surface area contributed by atoms with Gasteiger partial charge in [0.15, 0.2) is 0 Å². The van der Waals surface area contributed by atoms with Crippen LogP contribution in [0.15, 0.2) is 0 Å². The number of amides is 1. The first kappa shape index (κ1) is 16.9. The Labute approximate surface area is 122 Å². The zero-order valence-corrected chi connectivity index (χ0v) is 12.0. The van der Waals surface area contributed by atoms with Gasteiger partial charge in [-0.3, -0.25) is 19.2 Å². The summed E-state index contributed by atoms with van der Waals surface area (Å²) in [4.78, 5) is 46.9. The van der Waals surface area contributed by atoms with Gasteiger partial charge in [-0.15, -0.1) is 0 Å². The van der Waals surface area contributed by atoms with E-state index in [9.17, 15) is 19.2 Å². The van der Waals surface area contributed by atoms with E-state index in [1.54, 1.807) is 0 Å². The summed E-state index contributed by atoms with van der Waals surface area (Å²) in [6.45, 7) is -0.725. The molecule has 2 atom stereocenters. The summed E-state index contributed by atoms with van der Waals surface area (Å²) in [6, 6.07) is 0. The molecule has 118 valence electrons. The zero-order valence-electron chi connectivity index (χ0n) is 12.0. The fourth-order valence-electron chi connectivity index (χ4n) is 2.34. The van der Waals surface area contributed by atoms with Gasteiger partial charge in [-0.05, 0) is 19.3 Å². The largest absolute Gasteiger partial charge is 0.481 e. The van der Waals surface area contributed by atoms with Crippen LogP contribution in [0, 0.1) is 11.8 Å². The van der Waals surface area contributed by atoms with Crippen LogP contribution in [-0.2, 0) is 28.7 Å². The Morgan fingerprint density at radius 1 is 1.00 bits per heavy atom. The number of rotatable bonds is 6. The van der Waals surface area contributed by atoms with Crippen molar-refractivity contribution in [1.82, 2.24) is 4.90 Å². The number of esters is 2. The van der Waals surface area contributed by atoms with Crippen LogP contribution in [0.4, 0.5) is 0 Å². The van der Waals surface area contributed by atoms with E-state index in [4.69, 9.17) is 5.11 Å². The Morgan fingerprint density at radius 3 is 1.86 bits per heavy atom. The standard InChI is InChI=1S/C13H19NO7/c1-20-10(15)6-14(7-11(16)21-2)12(17)8-3-4-9(5-8)13(18)19/h8-9H,3-7H2,1-2H3,(H,18,19)/t8-,9+/m1/s1. The van der Waals surface area contributed by atoms with Gasteiger partial charge in [-0.2, -0.15) is 0 Å². The highest BCUT2D eigenvalue weighted by molar-refractivity contribution is 5.88. The Morgan fingerprint density at radius 2 is 1.48 bits per heavy atom. The summed E-state index contributed by atoms with van der Waals surface area (Å²) in [6.07, 6.45) is 1.05. The molecule has 8 heteroatoms. The molecule has 0 heterocycles. The molecule has 0 bridgehead atoms. The molecule has 1 amide bonds. The summed E-state index contributed by atoms with van der Waals surface area (Å²) in [5, 5.41) is 8.95. The Kier molecular flexibility index (Phi) is 6.13. The molecule has 0 radical (unpaired) electrons. The van der Waals surface area contributed by atoms with Crippen molar-refractivity contribution in [2.24, 2.45) is 11.8 Å². The van der Waals surface area contributed by atoms with E-state index in [-0.39, 0.29) is 19.5 Å². The lowest BCUT2D eigenvalue weighted by atomic mass is 10.0. The van der Waals surface area contributed by atoms with Gasteiger partial charge >= 0.3 is 17.9 Å². The molecule has 1 aliphatic carbocycles. The highest BCUT2D eigenvalue weighted by Crippen LogP contribution is 2.32. The third-order valence-corrected chi connectivity index (χ3v) is 3.54. The molecule has 0 aromatic carbocycles. The molecular formula is C13H19NO7. The number of carbonyl (C=O) groups excluding carboxylic acids is 3. The van der Waals surface area contributed by atoms with Gasteiger partial charge in [-0.1, -0.05) is 0 Å². The molecule has 1 N–H and O–H groups in total. The van der Waals surface area contributed by atoms with Gasteiger partial charge in [0, 0.05) is 5.92 Å². The number of hydrogen-bond acceptors (Lipinski definition) is 6. The van der Waals surface area contributed by atoms with Crippen molar-refractivity contribution >= 4 is 23.8 Å². The van der Waals surface area contributed by atoms with Crippen molar-refractivity contribution in [3.05, 3.63) is 0 Å². The van der Waals surface area contributed by atoms with Crippen LogP contribution in [0.3, 0.4) is 0 Å². The minimum absolute atomic E-state index is 0.215. The van der Waals surface area contributed by atoms with Crippen molar-refractivity contribution in [3.63, 3.8) is 0 Å². The fraction of sp³-hybridized carbons (Fsp3) is 0.692. The highest BCUT2D eigenvalue weighted by Gasteiger charge is 2.37. The minimum atomic E-state index is -0.933. The van der Waals surface area contributed by atoms with Crippen LogP contribution in [0.5, 0.6) is 0 Å². The van der Waals surface area contributed by atoms with Crippen LogP contribution >= 0.6 is 0 Å². The Bertz CT molecular complexity index is 416. The van der Waals surface area contributed by atoms with Crippen LogP contribution in [0.25, 0.3) is 0 Å². The van der Waals surface area contributed by atoms with E-state index in [1.807, 2.05) is 0 Å². The highest BCUT2D eigenvalue weighted by atomic mass is 16.5. The minimum Gasteiger partial charge on any atom is -0.481 e. The molecule has 0 unspecified atom stereocenters. The Hall–Kier alpha value is -2.12. The van der Waals surface area contributed by atoms with Crippen LogP contribution < -0.4 is 0 Å². The van der Waals surface area contributed by atoms with Gasteiger partial charge in [-0.25, -0.2) is 0 Å². The number of carboxylic acid groups (broad SMARTS) is 1. The molecule has 21 heavy (non-hydrogen) atoms. The van der Waals surface area contributed by atoms with E-state index in [0.29, 0.717) is 12.8 Å². The number of methoxy groups -OCH3 is 2. The maximum atomic E-state index is 12.3. The first-order valence-electron chi connectivity index (χ1n) is 6.54. The molecule has 1 aliphatic rings. The van der Waals surface area contributed by atoms with Crippen LogP contribution in [0.1, 0.15) is 19.3 Å². The third kappa shape index (κ3) is 4.73. The predicted molar refractivity (Wildman–Crippen MR) is 69.1 cm³/mol. The molecule has 0 spiro atoms. The molecule has 1 saturated carbocycles. The van der Waals surface area contributed by atoms with E-state index in [0.717, 1.165) is 4.90 Å². The van der Waals surface area contributed by atoms with E-state index in [1.165, 1.54) is 14.2 Å². The maximum Gasteiger partial charge on any atom is 0.325 e. The van der Waals surface area contributed by atoms with Crippen molar-refractivity contribution in [1.29, 1.82) is 0 Å². The first-order chi connectivity index (χ1) is 9.88. The lowest BCUT2D eigenvalue weighted by molar-refractivity contribution is -0.154. The average molecular weight is 301 g/mol. The molecule has 1 fully saturated rings. The number of ether oxygens (including phenoxy) is 2. The van der Waals surface area contributed by atoms with Gasteiger partial charge in [0.25, 0.3) is 0 Å². The number of hydrogen-bond donors (Lipinski definition) is 1. The van der Waals surface area contributed by atoms with Gasteiger partial charge in [0.2, 0.25) is 5.91 Å². The fourth-order valence-corrected chi connectivity index (χ4v) is 2.34. The summed E-state index contributed by atoms with van der Waals surface area (Å²) in [5.74, 6) is -3.72. The second kappa shape index (κ2) is 7.61. The summed E-state index contributed by atoms with van der Waals surface area (Å²) in [7, 11) is 2.36. The van der Waals surface area contributed by atoms with E-state index < -0.39 is 35.7 Å². The number of aliphatic carboxylic acids is 1. The smallest absolute Gasteiger partial charge is 0.325 e. The molecule has 0 aliphatic heterocycles. The molecular weight excluding hydrogens is 282 g/mol. The van der Waals surface area contributed by atoms with Crippen LogP contribution in [-0.4, -0.2) is 61.1 Å². The molecule has 0 saturated heterocycles. The maximum absolute atomic E-state index is 12.3. The normalized spacial score (nSPS) is 20.7. The van der Waals surface area contributed by atoms with Gasteiger partial charge in [0.1, 0.15) is 13.1 Å². The lowest BCUT2D eigenvalue weighted by Crippen LogP contribution is -2.43. The number of carbonyl (C=O) groups is 4. The van der Waals surface area contributed by atoms with Gasteiger partial charge < -0.3 is 19.5 Å². The number of carboxylic acids is 1. The second-order valence-electron chi connectivity index (χ2n) is 4.89. The van der Waals surface area contributed by atoms with Crippen molar-refractivity contribution < 1.29 is 33.8 Å². The zero-order chi connectivity index (χ0) is 16.0. The molecule has 0 aromatic rings. The van der Waals surface area contributed by atoms with Crippen molar-refractivity contribution in [3.8, 4) is 0 Å². The number of nitrogens with zero attached hydrogens (tertiary/aromatic N) is 1. The van der Waals surface area contributed by atoms with Crippen LogP contribution in [0.2, 0.25) is 0 Å². The van der Waals surface area contributed by atoms with Crippen molar-refractivity contribution in [2.45, 2.75) is 19.3 Å². The van der Waals surface area contributed by atoms with E-state index in [2.05, 4.69) is 9.47 Å². The molecule has 0 aromatic heterocycles. The lowest BCUT2D eigenvalue weighted by Gasteiger charge is -2.23. The monoisotopic (exact) mass is 301 g/mol.